The highest BCUT2D eigenvalue weighted by Gasteiger charge is 2.24. The van der Waals surface area contributed by atoms with Crippen molar-refractivity contribution in [1.82, 2.24) is 9.55 Å². The maximum atomic E-state index is 12.4. The van der Waals surface area contributed by atoms with Gasteiger partial charge in [-0.2, -0.15) is 4.98 Å². The third-order valence-corrected chi connectivity index (χ3v) is 4.23. The summed E-state index contributed by atoms with van der Waals surface area (Å²) in [6.07, 6.45) is 3.75. The van der Waals surface area contributed by atoms with Crippen molar-refractivity contribution in [2.45, 2.75) is 25.7 Å². The molecule has 28 heavy (non-hydrogen) atoms. The fraction of sp³-hybridized carbons (Fsp3) is 0.263. The lowest BCUT2D eigenvalue weighted by molar-refractivity contribution is -0.147. The number of ether oxygens (including phenoxy) is 2. The van der Waals surface area contributed by atoms with E-state index in [-0.39, 0.29) is 29.8 Å². The third kappa shape index (κ3) is 4.65. The third-order valence-electron chi connectivity index (χ3n) is 3.95. The molecule has 146 valence electrons. The molecule has 1 aliphatic rings. The molecular formula is C19H18ClN3O5. The Balaban J connectivity index is 1.69. The van der Waals surface area contributed by atoms with Gasteiger partial charge in [-0.3, -0.25) is 14.2 Å². The number of hydrogen-bond donors (Lipinski definition) is 1. The summed E-state index contributed by atoms with van der Waals surface area (Å²) in [5.41, 5.74) is -0.232. The largest absolute Gasteiger partial charge is 0.463 e. The van der Waals surface area contributed by atoms with Gasteiger partial charge in [-0.25, -0.2) is 4.79 Å². The van der Waals surface area contributed by atoms with E-state index in [1.165, 1.54) is 10.8 Å². The minimum atomic E-state index is -0.735. The topological polar surface area (TPSA) is 99.5 Å². The van der Waals surface area contributed by atoms with Crippen LogP contribution in [-0.2, 0) is 14.3 Å². The molecule has 9 heteroatoms. The molecule has 0 aliphatic carbocycles. The Labute approximate surface area is 165 Å². The number of hydrogen-bond acceptors (Lipinski definition) is 6. The van der Waals surface area contributed by atoms with E-state index in [0.29, 0.717) is 5.56 Å². The average Bonchev–Trinajstić information content (AvgIpc) is 3.18. The molecule has 3 rings (SSSR count). The molecule has 1 amide bonds. The maximum absolute atomic E-state index is 12.4. The zero-order chi connectivity index (χ0) is 20.1. The van der Waals surface area contributed by atoms with Gasteiger partial charge in [0.1, 0.15) is 17.7 Å². The zero-order valence-corrected chi connectivity index (χ0v) is 15.8. The number of nitrogens with one attached hydrogen (secondary N) is 1. The first-order chi connectivity index (χ1) is 13.5. The van der Waals surface area contributed by atoms with E-state index in [2.05, 4.69) is 10.3 Å². The molecule has 0 saturated carbocycles. The van der Waals surface area contributed by atoms with Crippen molar-refractivity contribution in [3.63, 3.8) is 0 Å². The van der Waals surface area contributed by atoms with Crippen LogP contribution >= 0.6 is 11.6 Å². The molecule has 0 radical (unpaired) electrons. The number of esters is 1. The lowest BCUT2D eigenvalue weighted by Crippen LogP contribution is -2.29. The molecule has 2 atom stereocenters. The van der Waals surface area contributed by atoms with Crippen molar-refractivity contribution in [3.05, 3.63) is 69.8 Å². The van der Waals surface area contributed by atoms with Crippen molar-refractivity contribution in [3.8, 4) is 0 Å². The summed E-state index contributed by atoms with van der Waals surface area (Å²) in [4.78, 5) is 39.6. The molecule has 8 nitrogen and oxygen atoms in total. The number of carbonyl (C=O) groups is 2. The van der Waals surface area contributed by atoms with Gasteiger partial charge in [-0.15, -0.1) is 0 Å². The van der Waals surface area contributed by atoms with Crippen LogP contribution in [0.1, 0.15) is 29.9 Å². The Kier molecular flexibility index (Phi) is 6.23. The molecule has 0 spiro atoms. The Hall–Kier alpha value is -2.97. The van der Waals surface area contributed by atoms with Crippen molar-refractivity contribution in [2.75, 3.05) is 11.9 Å². The fourth-order valence-electron chi connectivity index (χ4n) is 2.50. The first kappa shape index (κ1) is 19.8. The number of halogens is 1. The van der Waals surface area contributed by atoms with E-state index in [1.54, 1.807) is 49.4 Å². The van der Waals surface area contributed by atoms with Crippen LogP contribution in [0.15, 0.2) is 53.5 Å². The molecular weight excluding hydrogens is 386 g/mol. The number of aromatic nitrogens is 2. The number of benzene rings is 1. The normalized spacial score (nSPS) is 18.1. The molecule has 2 aromatic rings. The van der Waals surface area contributed by atoms with Crippen LogP contribution in [0.4, 0.5) is 5.82 Å². The molecule has 1 N–H and O–H groups in total. The Morgan fingerprint density at radius 2 is 2.04 bits per heavy atom. The summed E-state index contributed by atoms with van der Waals surface area (Å²) < 4.78 is 11.9. The standard InChI is InChI=1S/C19H18ClN3O5/c1-2-16(24)27-11-13-8-9-15(28-13)23-10-14(20)17(22-19(23)26)21-18(25)12-6-4-3-5-7-12/h3-10,13,15H,2,11H2,1H3,(H,21,22,25,26)/t13-,15+/m0/s1. The van der Waals surface area contributed by atoms with Gasteiger partial charge in [0.2, 0.25) is 0 Å². The minimum Gasteiger partial charge on any atom is -0.463 e. The quantitative estimate of drug-likeness (QED) is 0.587. The van der Waals surface area contributed by atoms with E-state index in [9.17, 15) is 14.4 Å². The molecule has 0 bridgehead atoms. The van der Waals surface area contributed by atoms with Crippen molar-refractivity contribution < 1.29 is 19.1 Å². The van der Waals surface area contributed by atoms with Gasteiger partial charge in [0.05, 0.1) is 0 Å². The summed E-state index contributed by atoms with van der Waals surface area (Å²) in [7, 11) is 0. The first-order valence-corrected chi connectivity index (χ1v) is 9.00. The fourth-order valence-corrected chi connectivity index (χ4v) is 2.70. The Morgan fingerprint density at radius 1 is 1.29 bits per heavy atom. The summed E-state index contributed by atoms with van der Waals surface area (Å²) in [5.74, 6) is -0.796. The summed E-state index contributed by atoms with van der Waals surface area (Å²) in [5, 5.41) is 2.61. The summed E-state index contributed by atoms with van der Waals surface area (Å²) in [6.45, 7) is 1.75. The van der Waals surface area contributed by atoms with Crippen LogP contribution < -0.4 is 11.0 Å². The molecule has 1 aromatic heterocycles. The lowest BCUT2D eigenvalue weighted by Gasteiger charge is -2.17. The van der Waals surface area contributed by atoms with Crippen LogP contribution in [0.2, 0.25) is 5.02 Å². The van der Waals surface area contributed by atoms with Crippen LogP contribution in [0.25, 0.3) is 0 Å². The Bertz CT molecular complexity index is 958. The second kappa shape index (κ2) is 8.81. The molecule has 1 aromatic carbocycles. The van der Waals surface area contributed by atoms with Gasteiger partial charge in [0.15, 0.2) is 12.0 Å². The van der Waals surface area contributed by atoms with Gasteiger partial charge in [0.25, 0.3) is 5.91 Å². The molecule has 0 fully saturated rings. The molecule has 1 aliphatic heterocycles. The van der Waals surface area contributed by atoms with Crippen molar-refractivity contribution in [2.24, 2.45) is 0 Å². The van der Waals surface area contributed by atoms with Crippen LogP contribution in [0, 0.1) is 0 Å². The number of carbonyl (C=O) groups excluding carboxylic acids is 2. The number of amides is 1. The zero-order valence-electron chi connectivity index (χ0n) is 15.0. The lowest BCUT2D eigenvalue weighted by atomic mass is 10.2. The van der Waals surface area contributed by atoms with E-state index >= 15 is 0 Å². The minimum absolute atomic E-state index is 0.0350. The second-order valence-corrected chi connectivity index (χ2v) is 6.34. The van der Waals surface area contributed by atoms with Gasteiger partial charge in [0, 0.05) is 18.2 Å². The molecule has 2 heterocycles. The van der Waals surface area contributed by atoms with E-state index in [1.807, 2.05) is 0 Å². The average molecular weight is 404 g/mol. The predicted molar refractivity (Wildman–Crippen MR) is 102 cm³/mol. The van der Waals surface area contributed by atoms with E-state index < -0.39 is 23.9 Å². The highest BCUT2D eigenvalue weighted by atomic mass is 35.5. The van der Waals surface area contributed by atoms with Gasteiger partial charge in [-0.1, -0.05) is 42.8 Å². The van der Waals surface area contributed by atoms with Crippen LogP contribution in [0.3, 0.4) is 0 Å². The smallest absolute Gasteiger partial charge is 0.352 e. The van der Waals surface area contributed by atoms with Crippen LogP contribution in [-0.4, -0.2) is 34.1 Å². The Morgan fingerprint density at radius 3 is 2.75 bits per heavy atom. The highest BCUT2D eigenvalue weighted by Crippen LogP contribution is 2.23. The summed E-state index contributed by atoms with van der Waals surface area (Å²) in [6, 6.07) is 8.49. The van der Waals surface area contributed by atoms with Gasteiger partial charge >= 0.3 is 11.7 Å². The molecule has 0 saturated heterocycles. The predicted octanol–water partition coefficient (Wildman–Crippen LogP) is 2.56. The first-order valence-electron chi connectivity index (χ1n) is 8.62. The second-order valence-electron chi connectivity index (χ2n) is 5.93. The maximum Gasteiger partial charge on any atom is 0.352 e. The van der Waals surface area contributed by atoms with E-state index in [0.717, 1.165) is 0 Å². The SMILES string of the molecule is CCC(=O)OC[C@@H]1C=C[C@H](n2cc(Cl)c(NC(=O)c3ccccc3)nc2=O)O1. The highest BCUT2D eigenvalue weighted by molar-refractivity contribution is 6.33. The molecule has 0 unspecified atom stereocenters. The number of nitrogens with zero attached hydrogens (tertiary/aromatic N) is 2. The van der Waals surface area contributed by atoms with Crippen LogP contribution in [0.5, 0.6) is 0 Å². The monoisotopic (exact) mass is 403 g/mol. The van der Waals surface area contributed by atoms with E-state index in [4.69, 9.17) is 21.1 Å². The number of anilines is 1. The van der Waals surface area contributed by atoms with Gasteiger partial charge < -0.3 is 14.8 Å². The number of rotatable bonds is 6. The summed E-state index contributed by atoms with van der Waals surface area (Å²) >= 11 is 6.18. The van der Waals surface area contributed by atoms with Gasteiger partial charge in [-0.05, 0) is 18.2 Å². The van der Waals surface area contributed by atoms with Crippen molar-refractivity contribution >= 4 is 29.3 Å². The van der Waals surface area contributed by atoms with Crippen molar-refractivity contribution in [1.29, 1.82) is 0 Å².